The summed E-state index contributed by atoms with van der Waals surface area (Å²) in [5, 5.41) is 4.14. The van der Waals surface area contributed by atoms with E-state index in [-0.39, 0.29) is 5.54 Å². The summed E-state index contributed by atoms with van der Waals surface area (Å²) in [6.45, 7) is 4.93. The maximum atomic E-state index is 5.89. The van der Waals surface area contributed by atoms with E-state index >= 15 is 0 Å². The minimum absolute atomic E-state index is 0.0133. The zero-order chi connectivity index (χ0) is 10.6. The van der Waals surface area contributed by atoms with Crippen LogP contribution in [0.5, 0.6) is 0 Å². The number of nitrogens with two attached hydrogens (primary N) is 1. The number of anilines is 1. The summed E-state index contributed by atoms with van der Waals surface area (Å²) in [5.74, 6) is 0. The Kier molecular flexibility index (Phi) is 3.78. The van der Waals surface area contributed by atoms with Crippen molar-refractivity contribution in [3.05, 3.63) is 29.3 Å². The zero-order valence-electron chi connectivity index (χ0n) is 8.68. The zero-order valence-corrected chi connectivity index (χ0v) is 9.43. The fourth-order valence-corrected chi connectivity index (χ4v) is 1.57. The summed E-state index contributed by atoms with van der Waals surface area (Å²) in [5.41, 5.74) is 6.58. The lowest BCUT2D eigenvalue weighted by Crippen LogP contribution is -2.33. The van der Waals surface area contributed by atoms with Crippen molar-refractivity contribution in [3.8, 4) is 0 Å². The van der Waals surface area contributed by atoms with Crippen molar-refractivity contribution in [1.29, 1.82) is 0 Å². The molecule has 0 bridgehead atoms. The van der Waals surface area contributed by atoms with Crippen LogP contribution in [0.2, 0.25) is 5.02 Å². The van der Waals surface area contributed by atoms with Crippen molar-refractivity contribution in [2.24, 2.45) is 5.73 Å². The van der Waals surface area contributed by atoms with Crippen molar-refractivity contribution in [2.75, 3.05) is 11.9 Å². The minimum Gasteiger partial charge on any atom is -0.380 e. The molecule has 3 N–H and O–H groups in total. The third-order valence-electron chi connectivity index (χ3n) is 2.08. The molecular formula is C11H17ClN2. The van der Waals surface area contributed by atoms with Gasteiger partial charge in [-0.3, -0.25) is 0 Å². The van der Waals surface area contributed by atoms with E-state index in [9.17, 15) is 0 Å². The monoisotopic (exact) mass is 212 g/mol. The first kappa shape index (κ1) is 11.3. The van der Waals surface area contributed by atoms with Crippen molar-refractivity contribution < 1.29 is 0 Å². The molecule has 14 heavy (non-hydrogen) atoms. The van der Waals surface area contributed by atoms with Gasteiger partial charge < -0.3 is 11.1 Å². The molecule has 0 aromatic heterocycles. The highest BCUT2D eigenvalue weighted by Gasteiger charge is 2.15. The minimum atomic E-state index is 0.0133. The average molecular weight is 213 g/mol. The molecule has 0 saturated heterocycles. The second kappa shape index (κ2) is 4.67. The molecule has 78 valence electrons. The summed E-state index contributed by atoms with van der Waals surface area (Å²) >= 11 is 5.89. The van der Waals surface area contributed by atoms with Crippen LogP contribution in [0, 0.1) is 0 Å². The number of rotatable bonds is 4. The van der Waals surface area contributed by atoms with Crippen LogP contribution in [-0.4, -0.2) is 12.1 Å². The third kappa shape index (κ3) is 3.56. The molecule has 0 unspecified atom stereocenters. The van der Waals surface area contributed by atoms with E-state index in [4.69, 9.17) is 17.3 Å². The lowest BCUT2D eigenvalue weighted by Gasteiger charge is -2.27. The second-order valence-corrected chi connectivity index (χ2v) is 4.49. The Bertz CT molecular complexity index is 297. The van der Waals surface area contributed by atoms with Crippen LogP contribution in [0.4, 0.5) is 5.69 Å². The molecule has 1 aromatic carbocycles. The molecule has 0 radical (unpaired) electrons. The van der Waals surface area contributed by atoms with E-state index in [1.807, 2.05) is 24.3 Å². The van der Waals surface area contributed by atoms with Crippen LogP contribution < -0.4 is 11.1 Å². The molecule has 0 fully saturated rings. The van der Waals surface area contributed by atoms with E-state index in [1.165, 1.54) is 0 Å². The lowest BCUT2D eigenvalue weighted by atomic mass is 10.0. The van der Waals surface area contributed by atoms with Gasteiger partial charge in [0.1, 0.15) is 0 Å². The van der Waals surface area contributed by atoms with E-state index in [0.717, 1.165) is 17.1 Å². The van der Waals surface area contributed by atoms with Gasteiger partial charge in [-0.25, -0.2) is 0 Å². The predicted octanol–water partition coefficient (Wildman–Crippen LogP) is 2.88. The van der Waals surface area contributed by atoms with Crippen molar-refractivity contribution in [3.63, 3.8) is 0 Å². The Morgan fingerprint density at radius 1 is 1.43 bits per heavy atom. The van der Waals surface area contributed by atoms with E-state index in [0.29, 0.717) is 6.54 Å². The number of hydrogen-bond donors (Lipinski definition) is 2. The van der Waals surface area contributed by atoms with Crippen molar-refractivity contribution in [2.45, 2.75) is 25.8 Å². The first-order chi connectivity index (χ1) is 6.53. The van der Waals surface area contributed by atoms with Gasteiger partial charge >= 0.3 is 0 Å². The fraction of sp³-hybridized carbons (Fsp3) is 0.455. The molecule has 3 heteroatoms. The molecule has 0 amide bonds. The van der Waals surface area contributed by atoms with Crippen LogP contribution in [-0.2, 0) is 0 Å². The Morgan fingerprint density at radius 2 is 2.14 bits per heavy atom. The van der Waals surface area contributed by atoms with Gasteiger partial charge in [0.25, 0.3) is 0 Å². The van der Waals surface area contributed by atoms with Crippen LogP contribution >= 0.6 is 11.6 Å². The first-order valence-electron chi connectivity index (χ1n) is 4.77. The van der Waals surface area contributed by atoms with Gasteiger partial charge in [0.2, 0.25) is 0 Å². The van der Waals surface area contributed by atoms with Crippen LogP contribution in [0.3, 0.4) is 0 Å². The maximum absolute atomic E-state index is 5.89. The van der Waals surface area contributed by atoms with Gasteiger partial charge in [-0.05, 0) is 45.0 Å². The predicted molar refractivity (Wildman–Crippen MR) is 62.8 cm³/mol. The maximum Gasteiger partial charge on any atom is 0.0426 e. The van der Waals surface area contributed by atoms with Crippen molar-refractivity contribution >= 4 is 17.3 Å². The van der Waals surface area contributed by atoms with E-state index < -0.39 is 0 Å². The highest BCUT2D eigenvalue weighted by molar-refractivity contribution is 6.30. The molecule has 1 rings (SSSR count). The Balaban J connectivity index is 2.68. The summed E-state index contributed by atoms with van der Waals surface area (Å²) in [4.78, 5) is 0. The molecule has 0 aliphatic heterocycles. The van der Waals surface area contributed by atoms with Gasteiger partial charge in [-0.2, -0.15) is 0 Å². The molecule has 0 atom stereocenters. The number of hydrogen-bond acceptors (Lipinski definition) is 2. The smallest absolute Gasteiger partial charge is 0.0426 e. The number of nitrogens with one attached hydrogen (secondary N) is 1. The SMILES string of the molecule is CC(C)(CCN)Nc1cccc(Cl)c1. The number of benzene rings is 1. The van der Waals surface area contributed by atoms with Gasteiger partial charge in [-0.1, -0.05) is 17.7 Å². The summed E-state index contributed by atoms with van der Waals surface area (Å²) in [7, 11) is 0. The molecule has 0 saturated carbocycles. The van der Waals surface area contributed by atoms with Crippen LogP contribution in [0.25, 0.3) is 0 Å². The van der Waals surface area contributed by atoms with Crippen molar-refractivity contribution in [1.82, 2.24) is 0 Å². The van der Waals surface area contributed by atoms with E-state index in [2.05, 4.69) is 19.2 Å². The summed E-state index contributed by atoms with van der Waals surface area (Å²) < 4.78 is 0. The summed E-state index contributed by atoms with van der Waals surface area (Å²) in [6.07, 6.45) is 0.930. The molecule has 0 aliphatic carbocycles. The Labute approximate surface area is 90.4 Å². The highest BCUT2D eigenvalue weighted by atomic mass is 35.5. The molecule has 2 nitrogen and oxygen atoms in total. The average Bonchev–Trinajstić information content (AvgIpc) is 2.02. The molecule has 1 aromatic rings. The standard InChI is InChI=1S/C11H17ClN2/c1-11(2,6-7-13)14-10-5-3-4-9(12)8-10/h3-5,8,14H,6-7,13H2,1-2H3. The molecule has 0 heterocycles. The first-order valence-corrected chi connectivity index (χ1v) is 5.15. The normalized spacial score (nSPS) is 11.4. The van der Waals surface area contributed by atoms with Crippen LogP contribution in [0.1, 0.15) is 20.3 Å². The molecule has 0 aliphatic rings. The lowest BCUT2D eigenvalue weighted by molar-refractivity contribution is 0.526. The molecular weight excluding hydrogens is 196 g/mol. The Morgan fingerprint density at radius 3 is 2.71 bits per heavy atom. The fourth-order valence-electron chi connectivity index (χ4n) is 1.38. The summed E-state index contributed by atoms with van der Waals surface area (Å²) in [6, 6.07) is 7.72. The second-order valence-electron chi connectivity index (χ2n) is 4.06. The van der Waals surface area contributed by atoms with Gasteiger partial charge in [0, 0.05) is 16.2 Å². The van der Waals surface area contributed by atoms with Gasteiger partial charge in [-0.15, -0.1) is 0 Å². The molecule has 0 spiro atoms. The quantitative estimate of drug-likeness (QED) is 0.806. The largest absolute Gasteiger partial charge is 0.380 e. The Hall–Kier alpha value is -0.730. The van der Waals surface area contributed by atoms with Crippen LogP contribution in [0.15, 0.2) is 24.3 Å². The highest BCUT2D eigenvalue weighted by Crippen LogP contribution is 2.20. The number of halogens is 1. The van der Waals surface area contributed by atoms with E-state index in [1.54, 1.807) is 0 Å². The topological polar surface area (TPSA) is 38.0 Å². The van der Waals surface area contributed by atoms with Gasteiger partial charge in [0.05, 0.1) is 0 Å². The van der Waals surface area contributed by atoms with Gasteiger partial charge in [0.15, 0.2) is 0 Å². The third-order valence-corrected chi connectivity index (χ3v) is 2.31.